The Hall–Kier alpha value is -1.23. The fourth-order valence-electron chi connectivity index (χ4n) is 3.59. The Morgan fingerprint density at radius 2 is 2.18 bits per heavy atom. The van der Waals surface area contributed by atoms with Crippen molar-refractivity contribution in [1.29, 1.82) is 0 Å². The molecule has 0 radical (unpaired) electrons. The van der Waals surface area contributed by atoms with Gasteiger partial charge in [0.25, 0.3) is 5.91 Å². The molecule has 0 bridgehead atoms. The van der Waals surface area contributed by atoms with E-state index in [0.717, 1.165) is 30.4 Å². The third kappa shape index (κ3) is 1.91. The highest BCUT2D eigenvalue weighted by Crippen LogP contribution is 2.44. The molecule has 1 unspecified atom stereocenters. The number of carbonyl (C=O) groups excluding carboxylic acids is 1. The van der Waals surface area contributed by atoms with Crippen LogP contribution < -0.4 is 10.6 Å². The summed E-state index contributed by atoms with van der Waals surface area (Å²) >= 11 is 12.3. The van der Waals surface area contributed by atoms with E-state index in [0.29, 0.717) is 21.2 Å². The van der Waals surface area contributed by atoms with E-state index in [1.165, 1.54) is 6.42 Å². The first-order valence-corrected chi connectivity index (χ1v) is 8.22. The minimum atomic E-state index is -0.0399. The number of benzene rings is 1. The van der Waals surface area contributed by atoms with Gasteiger partial charge in [-0.1, -0.05) is 23.2 Å². The summed E-state index contributed by atoms with van der Waals surface area (Å²) in [6.07, 6.45) is 2.26. The normalized spacial score (nSPS) is 22.4. The number of nitrogens with one attached hydrogen (secondary N) is 2. The molecule has 6 heteroatoms. The van der Waals surface area contributed by atoms with Crippen molar-refractivity contribution < 1.29 is 4.79 Å². The number of amides is 1. The molecule has 1 aromatic heterocycles. The predicted octanol–water partition coefficient (Wildman–Crippen LogP) is 2.97. The van der Waals surface area contributed by atoms with Crippen molar-refractivity contribution in [2.45, 2.75) is 18.9 Å². The summed E-state index contributed by atoms with van der Waals surface area (Å²) in [6.45, 7) is 2.02. The highest BCUT2D eigenvalue weighted by molar-refractivity contribution is 6.45. The third-order valence-electron chi connectivity index (χ3n) is 5.28. The lowest BCUT2D eigenvalue weighted by Crippen LogP contribution is -2.69. The van der Waals surface area contributed by atoms with E-state index >= 15 is 0 Å². The number of hydrogen-bond donors (Lipinski definition) is 2. The van der Waals surface area contributed by atoms with Gasteiger partial charge in [-0.2, -0.15) is 0 Å². The summed E-state index contributed by atoms with van der Waals surface area (Å²) in [6, 6.07) is 5.75. The van der Waals surface area contributed by atoms with Crippen molar-refractivity contribution in [2.75, 3.05) is 13.1 Å². The van der Waals surface area contributed by atoms with Gasteiger partial charge in [0.1, 0.15) is 5.69 Å². The molecule has 2 aliphatic rings. The van der Waals surface area contributed by atoms with Crippen LogP contribution in [0.3, 0.4) is 0 Å². The molecule has 1 atom stereocenters. The molecule has 1 aliphatic heterocycles. The first-order chi connectivity index (χ1) is 10.5. The molecule has 1 spiro atoms. The minimum Gasteiger partial charge on any atom is -0.347 e. The lowest BCUT2D eigenvalue weighted by atomic mass is 9.60. The first kappa shape index (κ1) is 14.4. The Balaban J connectivity index is 1.64. The van der Waals surface area contributed by atoms with Crippen LogP contribution in [-0.2, 0) is 7.05 Å². The smallest absolute Gasteiger partial charge is 0.268 e. The average Bonchev–Trinajstić information content (AvgIpc) is 2.75. The van der Waals surface area contributed by atoms with E-state index in [2.05, 4.69) is 10.6 Å². The zero-order valence-electron chi connectivity index (χ0n) is 12.2. The number of fused-ring (bicyclic) bond motifs is 1. The average molecular weight is 338 g/mol. The molecule has 1 amide bonds. The van der Waals surface area contributed by atoms with Gasteiger partial charge < -0.3 is 15.2 Å². The zero-order chi connectivity index (χ0) is 15.5. The van der Waals surface area contributed by atoms with Crippen molar-refractivity contribution in [1.82, 2.24) is 15.2 Å². The molecule has 1 aromatic carbocycles. The Bertz CT molecular complexity index is 774. The van der Waals surface area contributed by atoms with E-state index in [-0.39, 0.29) is 11.9 Å². The molecular formula is C16H17Cl2N3O. The third-order valence-corrected chi connectivity index (χ3v) is 6.09. The van der Waals surface area contributed by atoms with Gasteiger partial charge in [-0.15, -0.1) is 0 Å². The second kappa shape index (κ2) is 4.88. The second-order valence-electron chi connectivity index (χ2n) is 6.41. The SMILES string of the molecule is Cn1c(C(=O)NC2CCC23CNC3)cc2c(Cl)c(Cl)ccc21. The van der Waals surface area contributed by atoms with Gasteiger partial charge in [-0.25, -0.2) is 0 Å². The van der Waals surface area contributed by atoms with Crippen LogP contribution in [0.15, 0.2) is 18.2 Å². The van der Waals surface area contributed by atoms with Gasteiger partial charge in [-0.05, 0) is 31.0 Å². The van der Waals surface area contributed by atoms with Gasteiger partial charge in [0.15, 0.2) is 0 Å². The molecule has 22 heavy (non-hydrogen) atoms. The number of halogens is 2. The first-order valence-electron chi connectivity index (χ1n) is 7.47. The van der Waals surface area contributed by atoms with Crippen molar-refractivity contribution in [3.63, 3.8) is 0 Å². The highest BCUT2D eigenvalue weighted by atomic mass is 35.5. The fourth-order valence-corrected chi connectivity index (χ4v) is 3.97. The number of aryl methyl sites for hydroxylation is 1. The van der Waals surface area contributed by atoms with Crippen LogP contribution >= 0.6 is 23.2 Å². The van der Waals surface area contributed by atoms with E-state index < -0.39 is 0 Å². The number of carbonyl (C=O) groups is 1. The Labute approximate surface area is 138 Å². The van der Waals surface area contributed by atoms with E-state index in [4.69, 9.17) is 23.2 Å². The monoisotopic (exact) mass is 337 g/mol. The Morgan fingerprint density at radius 1 is 1.41 bits per heavy atom. The summed E-state index contributed by atoms with van der Waals surface area (Å²) in [5.74, 6) is -0.0399. The Kier molecular flexibility index (Phi) is 3.19. The lowest BCUT2D eigenvalue weighted by Gasteiger charge is -2.56. The summed E-state index contributed by atoms with van der Waals surface area (Å²) < 4.78 is 1.87. The van der Waals surface area contributed by atoms with Crippen LogP contribution in [0.5, 0.6) is 0 Å². The maximum Gasteiger partial charge on any atom is 0.268 e. The second-order valence-corrected chi connectivity index (χ2v) is 7.20. The minimum absolute atomic E-state index is 0.0399. The van der Waals surface area contributed by atoms with Crippen molar-refractivity contribution in [2.24, 2.45) is 12.5 Å². The van der Waals surface area contributed by atoms with Crippen molar-refractivity contribution in [3.05, 3.63) is 33.9 Å². The van der Waals surface area contributed by atoms with E-state index in [9.17, 15) is 4.79 Å². The molecular weight excluding hydrogens is 321 g/mol. The summed E-state index contributed by atoms with van der Waals surface area (Å²) in [4.78, 5) is 12.6. The van der Waals surface area contributed by atoms with Crippen molar-refractivity contribution in [3.8, 4) is 0 Å². The van der Waals surface area contributed by atoms with Gasteiger partial charge in [-0.3, -0.25) is 4.79 Å². The summed E-state index contributed by atoms with van der Waals surface area (Å²) in [7, 11) is 1.88. The molecule has 2 N–H and O–H groups in total. The molecule has 4 nitrogen and oxygen atoms in total. The predicted molar refractivity (Wildman–Crippen MR) is 88.7 cm³/mol. The molecule has 2 heterocycles. The maximum absolute atomic E-state index is 12.6. The van der Waals surface area contributed by atoms with Gasteiger partial charge in [0, 0.05) is 42.5 Å². The highest BCUT2D eigenvalue weighted by Gasteiger charge is 2.51. The Morgan fingerprint density at radius 3 is 2.77 bits per heavy atom. The molecule has 116 valence electrons. The molecule has 2 fully saturated rings. The maximum atomic E-state index is 12.6. The molecule has 1 aliphatic carbocycles. The van der Waals surface area contributed by atoms with Gasteiger partial charge >= 0.3 is 0 Å². The van der Waals surface area contributed by atoms with Crippen LogP contribution in [0.2, 0.25) is 10.0 Å². The van der Waals surface area contributed by atoms with Crippen LogP contribution in [0.4, 0.5) is 0 Å². The van der Waals surface area contributed by atoms with E-state index in [1.807, 2.05) is 23.7 Å². The van der Waals surface area contributed by atoms with Crippen LogP contribution in [0.25, 0.3) is 10.9 Å². The number of rotatable bonds is 2. The standard InChI is InChI=1S/C16H17Cl2N3O/c1-21-11-3-2-10(17)14(18)9(11)6-12(21)15(22)20-13-4-5-16(13)7-19-8-16/h2-3,6,13,19H,4-5,7-8H2,1H3,(H,20,22). The number of hydrogen-bond acceptors (Lipinski definition) is 2. The topological polar surface area (TPSA) is 46.1 Å². The largest absolute Gasteiger partial charge is 0.347 e. The zero-order valence-corrected chi connectivity index (χ0v) is 13.8. The van der Waals surface area contributed by atoms with Crippen molar-refractivity contribution >= 4 is 40.0 Å². The van der Waals surface area contributed by atoms with Gasteiger partial charge in [0.05, 0.1) is 10.0 Å². The van der Waals surface area contributed by atoms with Crippen LogP contribution in [-0.4, -0.2) is 29.6 Å². The molecule has 1 saturated heterocycles. The quantitative estimate of drug-likeness (QED) is 0.884. The summed E-state index contributed by atoms with van der Waals surface area (Å²) in [5.41, 5.74) is 1.82. The molecule has 4 rings (SSSR count). The fraction of sp³-hybridized carbons (Fsp3) is 0.438. The number of aromatic nitrogens is 1. The number of nitrogens with zero attached hydrogens (tertiary/aromatic N) is 1. The van der Waals surface area contributed by atoms with Crippen LogP contribution in [0.1, 0.15) is 23.3 Å². The molecule has 1 saturated carbocycles. The van der Waals surface area contributed by atoms with Gasteiger partial charge in [0.2, 0.25) is 0 Å². The lowest BCUT2D eigenvalue weighted by molar-refractivity contribution is 0.00896. The van der Waals surface area contributed by atoms with E-state index in [1.54, 1.807) is 6.07 Å². The van der Waals surface area contributed by atoms with Crippen LogP contribution in [0, 0.1) is 5.41 Å². The molecule has 2 aromatic rings. The summed E-state index contributed by atoms with van der Waals surface area (Å²) in [5, 5.41) is 8.31.